The van der Waals surface area contributed by atoms with Gasteiger partial charge in [0.05, 0.1) is 25.8 Å². The van der Waals surface area contributed by atoms with Gasteiger partial charge in [-0.15, -0.1) is 0 Å². The number of fused-ring (bicyclic) bond motifs is 1. The number of carboxylic acid groups (broad SMARTS) is 1. The molecule has 0 unspecified atom stereocenters. The van der Waals surface area contributed by atoms with E-state index in [0.717, 1.165) is 26.2 Å². The van der Waals surface area contributed by atoms with Gasteiger partial charge >= 0.3 is 5.97 Å². The summed E-state index contributed by atoms with van der Waals surface area (Å²) in [5, 5.41) is 8.91. The summed E-state index contributed by atoms with van der Waals surface area (Å²) in [5.74, 6) is -0.755. The largest absolute Gasteiger partial charge is 0.480 e. The molecule has 1 aromatic carbocycles. The van der Waals surface area contributed by atoms with Crippen LogP contribution in [0.15, 0.2) is 30.3 Å². The summed E-state index contributed by atoms with van der Waals surface area (Å²) >= 11 is 0. The number of ether oxygens (including phenoxy) is 1. The number of morpholine rings is 1. The topological polar surface area (TPSA) is 53.0 Å². The fraction of sp³-hybridized carbons (Fsp3) is 0.533. The summed E-state index contributed by atoms with van der Waals surface area (Å²) in [4.78, 5) is 15.3. The molecule has 5 heteroatoms. The summed E-state index contributed by atoms with van der Waals surface area (Å²) in [6, 6.07) is 11.0. The number of carboxylic acids is 1. The Bertz CT molecular complexity index is 465. The molecule has 0 saturated carbocycles. The van der Waals surface area contributed by atoms with Crippen LogP contribution in [0.1, 0.15) is 11.6 Å². The summed E-state index contributed by atoms with van der Waals surface area (Å²) in [5.41, 5.74) is 1.28. The van der Waals surface area contributed by atoms with Gasteiger partial charge in [0.1, 0.15) is 0 Å². The van der Waals surface area contributed by atoms with Crippen LogP contribution in [0.4, 0.5) is 0 Å². The molecular weight excluding hydrogens is 256 g/mol. The number of rotatable bonds is 3. The van der Waals surface area contributed by atoms with Gasteiger partial charge in [-0.1, -0.05) is 30.3 Å². The molecule has 1 aromatic rings. The molecule has 2 saturated heterocycles. The molecule has 2 aliphatic rings. The predicted molar refractivity (Wildman–Crippen MR) is 74.6 cm³/mol. The van der Waals surface area contributed by atoms with Crippen LogP contribution >= 0.6 is 0 Å². The molecule has 2 fully saturated rings. The second kappa shape index (κ2) is 5.91. The van der Waals surface area contributed by atoms with Gasteiger partial charge < -0.3 is 9.84 Å². The quantitative estimate of drug-likeness (QED) is 0.886. The zero-order valence-corrected chi connectivity index (χ0v) is 11.4. The van der Waals surface area contributed by atoms with Gasteiger partial charge in [-0.2, -0.15) is 0 Å². The van der Waals surface area contributed by atoms with Crippen molar-refractivity contribution in [2.24, 2.45) is 0 Å². The van der Waals surface area contributed by atoms with Gasteiger partial charge in [-0.3, -0.25) is 14.6 Å². The lowest BCUT2D eigenvalue weighted by molar-refractivity contribution is -0.140. The molecular formula is C15H20N2O3. The first-order valence-corrected chi connectivity index (χ1v) is 7.06. The number of hydrogen-bond acceptors (Lipinski definition) is 4. The Hall–Kier alpha value is -1.43. The highest BCUT2D eigenvalue weighted by molar-refractivity contribution is 5.69. The lowest BCUT2D eigenvalue weighted by atomic mass is 10.0. The number of benzene rings is 1. The molecule has 0 aromatic heterocycles. The minimum atomic E-state index is -0.755. The fourth-order valence-corrected chi connectivity index (χ4v) is 3.20. The second-order valence-electron chi connectivity index (χ2n) is 5.48. The van der Waals surface area contributed by atoms with E-state index in [2.05, 4.69) is 29.2 Å². The van der Waals surface area contributed by atoms with E-state index in [0.29, 0.717) is 18.7 Å². The van der Waals surface area contributed by atoms with Gasteiger partial charge in [-0.05, 0) is 5.56 Å². The molecule has 2 aliphatic heterocycles. The maximum absolute atomic E-state index is 10.8. The van der Waals surface area contributed by atoms with Crippen molar-refractivity contribution in [3.8, 4) is 0 Å². The fourth-order valence-electron chi connectivity index (χ4n) is 3.20. The summed E-state index contributed by atoms with van der Waals surface area (Å²) < 4.78 is 5.74. The van der Waals surface area contributed by atoms with Gasteiger partial charge in [0.25, 0.3) is 0 Å². The molecule has 2 atom stereocenters. The maximum atomic E-state index is 10.8. The minimum Gasteiger partial charge on any atom is -0.480 e. The van der Waals surface area contributed by atoms with Crippen molar-refractivity contribution in [3.05, 3.63) is 35.9 Å². The highest BCUT2D eigenvalue weighted by atomic mass is 16.5. The van der Waals surface area contributed by atoms with Crippen molar-refractivity contribution in [2.75, 3.05) is 39.4 Å². The van der Waals surface area contributed by atoms with E-state index in [1.807, 2.05) is 11.0 Å². The number of nitrogens with zero attached hydrogens (tertiary/aromatic N) is 2. The van der Waals surface area contributed by atoms with Crippen molar-refractivity contribution < 1.29 is 14.6 Å². The molecule has 0 spiro atoms. The predicted octanol–water partition coefficient (Wildman–Crippen LogP) is 0.829. The van der Waals surface area contributed by atoms with Gasteiger partial charge in [-0.25, -0.2) is 0 Å². The number of aliphatic carboxylic acids is 1. The monoisotopic (exact) mass is 276 g/mol. The third kappa shape index (κ3) is 2.85. The van der Waals surface area contributed by atoms with E-state index in [1.54, 1.807) is 0 Å². The number of carbonyl (C=O) groups is 1. The van der Waals surface area contributed by atoms with Gasteiger partial charge in [0, 0.05) is 25.7 Å². The van der Waals surface area contributed by atoms with Crippen molar-refractivity contribution >= 4 is 5.97 Å². The van der Waals surface area contributed by atoms with E-state index >= 15 is 0 Å². The first-order valence-electron chi connectivity index (χ1n) is 7.06. The standard InChI is InChI=1S/C15H20N2O3/c18-15(19)9-16-6-7-17-13(8-16)10-20-11-14(17)12-4-2-1-3-5-12/h1-5,13-14H,6-11H2,(H,18,19)/t13-,14-/m1/s1. The van der Waals surface area contributed by atoms with E-state index in [1.165, 1.54) is 5.56 Å². The Morgan fingerprint density at radius 3 is 2.80 bits per heavy atom. The Labute approximate surface area is 118 Å². The highest BCUT2D eigenvalue weighted by Crippen LogP contribution is 2.29. The summed E-state index contributed by atoms with van der Waals surface area (Å²) in [6.45, 7) is 4.03. The average Bonchev–Trinajstić information content (AvgIpc) is 2.46. The molecule has 1 N–H and O–H groups in total. The van der Waals surface area contributed by atoms with Gasteiger partial charge in [0.2, 0.25) is 0 Å². The number of piperazine rings is 1. The third-order valence-corrected chi connectivity index (χ3v) is 4.14. The molecule has 0 radical (unpaired) electrons. The van der Waals surface area contributed by atoms with Crippen molar-refractivity contribution in [3.63, 3.8) is 0 Å². The van der Waals surface area contributed by atoms with E-state index in [-0.39, 0.29) is 6.54 Å². The van der Waals surface area contributed by atoms with Crippen LogP contribution in [0.5, 0.6) is 0 Å². The minimum absolute atomic E-state index is 0.125. The van der Waals surface area contributed by atoms with Crippen LogP contribution in [0, 0.1) is 0 Å². The number of hydrogen-bond donors (Lipinski definition) is 1. The van der Waals surface area contributed by atoms with Crippen LogP contribution < -0.4 is 0 Å². The zero-order chi connectivity index (χ0) is 13.9. The average molecular weight is 276 g/mol. The van der Waals surface area contributed by atoms with Gasteiger partial charge in [0.15, 0.2) is 0 Å². The molecule has 2 heterocycles. The second-order valence-corrected chi connectivity index (χ2v) is 5.48. The van der Waals surface area contributed by atoms with Crippen molar-refractivity contribution in [1.82, 2.24) is 9.80 Å². The Morgan fingerprint density at radius 2 is 2.05 bits per heavy atom. The third-order valence-electron chi connectivity index (χ3n) is 4.14. The Kier molecular flexibility index (Phi) is 4.00. The molecule has 0 bridgehead atoms. The first-order chi connectivity index (χ1) is 9.74. The van der Waals surface area contributed by atoms with Crippen LogP contribution in [0.25, 0.3) is 0 Å². The molecule has 108 valence electrons. The van der Waals surface area contributed by atoms with Crippen LogP contribution in [-0.2, 0) is 9.53 Å². The summed E-state index contributed by atoms with van der Waals surface area (Å²) in [6.07, 6.45) is 0. The molecule has 20 heavy (non-hydrogen) atoms. The smallest absolute Gasteiger partial charge is 0.317 e. The molecule has 0 aliphatic carbocycles. The highest BCUT2D eigenvalue weighted by Gasteiger charge is 2.36. The van der Waals surface area contributed by atoms with E-state index in [4.69, 9.17) is 9.84 Å². The maximum Gasteiger partial charge on any atom is 0.317 e. The zero-order valence-electron chi connectivity index (χ0n) is 11.4. The molecule has 3 rings (SSSR count). The van der Waals surface area contributed by atoms with E-state index in [9.17, 15) is 4.79 Å². The van der Waals surface area contributed by atoms with Crippen LogP contribution in [0.2, 0.25) is 0 Å². The van der Waals surface area contributed by atoms with Crippen molar-refractivity contribution in [1.29, 1.82) is 0 Å². The lowest BCUT2D eigenvalue weighted by Gasteiger charge is -2.47. The van der Waals surface area contributed by atoms with Crippen molar-refractivity contribution in [2.45, 2.75) is 12.1 Å². The lowest BCUT2D eigenvalue weighted by Crippen LogP contribution is -2.59. The molecule has 0 amide bonds. The first kappa shape index (κ1) is 13.5. The normalized spacial score (nSPS) is 28.0. The SMILES string of the molecule is O=C(O)CN1CCN2[C@@H](COC[C@@H]2c2ccccc2)C1. The Morgan fingerprint density at radius 1 is 1.25 bits per heavy atom. The van der Waals surface area contributed by atoms with Crippen LogP contribution in [0.3, 0.4) is 0 Å². The molecule has 5 nitrogen and oxygen atoms in total. The Balaban J connectivity index is 1.70. The summed E-state index contributed by atoms with van der Waals surface area (Å²) in [7, 11) is 0. The van der Waals surface area contributed by atoms with E-state index < -0.39 is 5.97 Å². The van der Waals surface area contributed by atoms with Crippen LogP contribution in [-0.4, -0.2) is 66.3 Å².